The maximum Gasteiger partial charge on any atom is 0.292 e. The summed E-state index contributed by atoms with van der Waals surface area (Å²) in [7, 11) is 0. The van der Waals surface area contributed by atoms with Gasteiger partial charge in [0.1, 0.15) is 11.5 Å². The number of nitro benzene ring substituents is 1. The summed E-state index contributed by atoms with van der Waals surface area (Å²) >= 11 is 0. The van der Waals surface area contributed by atoms with Gasteiger partial charge < -0.3 is 10.0 Å². The van der Waals surface area contributed by atoms with E-state index in [1.54, 1.807) is 0 Å². The van der Waals surface area contributed by atoms with E-state index in [-0.39, 0.29) is 18.2 Å². The van der Waals surface area contributed by atoms with E-state index in [2.05, 4.69) is 0 Å². The third kappa shape index (κ3) is 2.59. The van der Waals surface area contributed by atoms with E-state index in [1.165, 1.54) is 12.1 Å². The first-order valence-corrected chi connectivity index (χ1v) is 5.91. The Kier molecular flexibility index (Phi) is 3.76. The van der Waals surface area contributed by atoms with E-state index >= 15 is 0 Å². The molecule has 1 aromatic rings. The number of benzene rings is 1. The Bertz CT molecular complexity index is 445. The van der Waals surface area contributed by atoms with Crippen LogP contribution in [-0.4, -0.2) is 29.7 Å². The highest BCUT2D eigenvalue weighted by molar-refractivity contribution is 5.63. The smallest absolute Gasteiger partial charge is 0.292 e. The van der Waals surface area contributed by atoms with Gasteiger partial charge in [-0.05, 0) is 24.8 Å². The first-order chi connectivity index (χ1) is 8.61. The number of piperidine rings is 1. The molecule has 1 fully saturated rings. The van der Waals surface area contributed by atoms with Gasteiger partial charge in [-0.15, -0.1) is 0 Å². The topological polar surface area (TPSA) is 66.6 Å². The molecule has 0 atom stereocenters. The average Bonchev–Trinajstić information content (AvgIpc) is 2.38. The first kappa shape index (κ1) is 12.8. The summed E-state index contributed by atoms with van der Waals surface area (Å²) in [5.74, 6) is -0.228. The first-order valence-electron chi connectivity index (χ1n) is 5.91. The van der Waals surface area contributed by atoms with Gasteiger partial charge in [-0.2, -0.15) is 0 Å². The van der Waals surface area contributed by atoms with Crippen LogP contribution in [0.25, 0.3) is 0 Å². The molecule has 1 aromatic carbocycles. The van der Waals surface area contributed by atoms with E-state index in [0.29, 0.717) is 18.8 Å². The molecule has 0 amide bonds. The number of anilines is 1. The molecule has 1 N–H and O–H groups in total. The maximum absolute atomic E-state index is 13.2. The van der Waals surface area contributed by atoms with Crippen molar-refractivity contribution in [2.24, 2.45) is 5.92 Å². The standard InChI is InChI=1S/C12H15FN2O3/c13-10-1-2-11(15(17)18)12(7-10)14-5-3-9(8-16)4-6-14/h1-2,7,9,16H,3-6,8H2. The van der Waals surface area contributed by atoms with E-state index in [0.717, 1.165) is 18.9 Å². The van der Waals surface area contributed by atoms with E-state index in [4.69, 9.17) is 5.11 Å². The van der Waals surface area contributed by atoms with Gasteiger partial charge in [0.25, 0.3) is 5.69 Å². The van der Waals surface area contributed by atoms with Crippen LogP contribution in [0, 0.1) is 21.8 Å². The minimum absolute atomic E-state index is 0.0705. The zero-order valence-electron chi connectivity index (χ0n) is 9.88. The van der Waals surface area contributed by atoms with Crippen LogP contribution in [0.15, 0.2) is 18.2 Å². The van der Waals surface area contributed by atoms with Crippen molar-refractivity contribution in [2.45, 2.75) is 12.8 Å². The van der Waals surface area contributed by atoms with E-state index in [9.17, 15) is 14.5 Å². The van der Waals surface area contributed by atoms with E-state index < -0.39 is 10.7 Å². The number of aliphatic hydroxyl groups is 1. The molecule has 1 heterocycles. The van der Waals surface area contributed by atoms with Crippen molar-refractivity contribution in [3.63, 3.8) is 0 Å². The number of halogens is 1. The fourth-order valence-electron chi connectivity index (χ4n) is 2.26. The normalized spacial score (nSPS) is 16.9. The second-order valence-corrected chi connectivity index (χ2v) is 4.50. The fraction of sp³-hybridized carbons (Fsp3) is 0.500. The van der Waals surface area contributed by atoms with Crippen molar-refractivity contribution in [2.75, 3.05) is 24.6 Å². The zero-order valence-corrected chi connectivity index (χ0v) is 9.88. The monoisotopic (exact) mass is 254 g/mol. The molecular weight excluding hydrogens is 239 g/mol. The SMILES string of the molecule is O=[N+]([O-])c1ccc(F)cc1N1CCC(CO)CC1. The lowest BCUT2D eigenvalue weighted by atomic mass is 9.97. The van der Waals surface area contributed by atoms with Gasteiger partial charge >= 0.3 is 0 Å². The minimum Gasteiger partial charge on any atom is -0.396 e. The highest BCUT2D eigenvalue weighted by atomic mass is 19.1. The molecule has 0 saturated carbocycles. The number of hydrogen-bond acceptors (Lipinski definition) is 4. The maximum atomic E-state index is 13.2. The lowest BCUT2D eigenvalue weighted by Gasteiger charge is -2.32. The lowest BCUT2D eigenvalue weighted by molar-refractivity contribution is -0.384. The highest BCUT2D eigenvalue weighted by Crippen LogP contribution is 2.31. The molecule has 0 aliphatic carbocycles. The van der Waals surface area contributed by atoms with Crippen LogP contribution in [0.2, 0.25) is 0 Å². The molecule has 5 nitrogen and oxygen atoms in total. The Morgan fingerprint density at radius 1 is 1.44 bits per heavy atom. The fourth-order valence-corrected chi connectivity index (χ4v) is 2.26. The Morgan fingerprint density at radius 3 is 2.67 bits per heavy atom. The quantitative estimate of drug-likeness (QED) is 0.661. The summed E-state index contributed by atoms with van der Waals surface area (Å²) in [6.07, 6.45) is 1.54. The average molecular weight is 254 g/mol. The van der Waals surface area contributed by atoms with E-state index in [1.807, 2.05) is 4.90 Å². The third-order valence-corrected chi connectivity index (χ3v) is 3.35. The molecule has 18 heavy (non-hydrogen) atoms. The van der Waals surface area contributed by atoms with Crippen LogP contribution in [-0.2, 0) is 0 Å². The molecule has 0 radical (unpaired) electrons. The second kappa shape index (κ2) is 5.30. The largest absolute Gasteiger partial charge is 0.396 e. The van der Waals surface area contributed by atoms with Crippen LogP contribution in [0.3, 0.4) is 0 Å². The van der Waals surface area contributed by atoms with Crippen molar-refractivity contribution in [3.8, 4) is 0 Å². The molecule has 1 aliphatic heterocycles. The highest BCUT2D eigenvalue weighted by Gasteiger charge is 2.24. The van der Waals surface area contributed by atoms with Gasteiger partial charge in [0.05, 0.1) is 4.92 Å². The molecular formula is C12H15FN2O3. The Morgan fingerprint density at radius 2 is 2.11 bits per heavy atom. The lowest BCUT2D eigenvalue weighted by Crippen LogP contribution is -2.35. The predicted octanol–water partition coefficient (Wildman–Crippen LogP) is 1.94. The van der Waals surface area contributed by atoms with Crippen LogP contribution < -0.4 is 4.90 Å². The summed E-state index contributed by atoms with van der Waals surface area (Å²) in [5.41, 5.74) is 0.259. The van der Waals surface area contributed by atoms with Crippen LogP contribution >= 0.6 is 0 Å². The molecule has 1 aliphatic rings. The molecule has 0 bridgehead atoms. The minimum atomic E-state index is -0.493. The van der Waals surface area contributed by atoms with Crippen LogP contribution in [0.4, 0.5) is 15.8 Å². The number of rotatable bonds is 3. The Hall–Kier alpha value is -1.69. The van der Waals surface area contributed by atoms with Crippen molar-refractivity contribution in [3.05, 3.63) is 34.1 Å². The van der Waals surface area contributed by atoms with Crippen molar-refractivity contribution < 1.29 is 14.4 Å². The molecule has 0 aromatic heterocycles. The summed E-state index contributed by atoms with van der Waals surface area (Å²) in [6.45, 7) is 1.35. The number of nitro groups is 1. The summed E-state index contributed by atoms with van der Waals surface area (Å²) < 4.78 is 13.2. The Balaban J connectivity index is 2.22. The third-order valence-electron chi connectivity index (χ3n) is 3.35. The summed E-state index contributed by atoms with van der Waals surface area (Å²) in [6, 6.07) is 3.50. The number of nitrogens with zero attached hydrogens (tertiary/aromatic N) is 2. The molecule has 2 rings (SSSR count). The van der Waals surface area contributed by atoms with Crippen LogP contribution in [0.1, 0.15) is 12.8 Å². The summed E-state index contributed by atoms with van der Waals surface area (Å²) in [4.78, 5) is 12.2. The van der Waals surface area contributed by atoms with Gasteiger partial charge in [-0.1, -0.05) is 0 Å². The van der Waals surface area contributed by atoms with Gasteiger partial charge in [-0.3, -0.25) is 10.1 Å². The molecule has 98 valence electrons. The molecule has 0 unspecified atom stereocenters. The van der Waals surface area contributed by atoms with Gasteiger partial charge in [-0.25, -0.2) is 4.39 Å². The molecule has 0 spiro atoms. The van der Waals surface area contributed by atoms with Crippen molar-refractivity contribution in [1.82, 2.24) is 0 Å². The summed E-state index contributed by atoms with van der Waals surface area (Å²) in [5, 5.41) is 20.0. The predicted molar refractivity (Wildman–Crippen MR) is 65.1 cm³/mol. The second-order valence-electron chi connectivity index (χ2n) is 4.50. The van der Waals surface area contributed by atoms with Crippen molar-refractivity contribution in [1.29, 1.82) is 0 Å². The Labute approximate surface area is 104 Å². The van der Waals surface area contributed by atoms with Gasteiger partial charge in [0.15, 0.2) is 0 Å². The number of aliphatic hydroxyl groups excluding tert-OH is 1. The molecule has 6 heteroatoms. The molecule has 1 saturated heterocycles. The van der Waals surface area contributed by atoms with Gasteiger partial charge in [0, 0.05) is 31.8 Å². The van der Waals surface area contributed by atoms with Gasteiger partial charge in [0.2, 0.25) is 0 Å². The zero-order chi connectivity index (χ0) is 13.1. The number of hydrogen-bond donors (Lipinski definition) is 1. The van der Waals surface area contributed by atoms with Crippen LogP contribution in [0.5, 0.6) is 0 Å². The van der Waals surface area contributed by atoms with Crippen molar-refractivity contribution >= 4 is 11.4 Å².